The number of pyridine rings is 1. The minimum atomic E-state index is -0.717. The van der Waals surface area contributed by atoms with Crippen molar-refractivity contribution in [2.75, 3.05) is 19.0 Å². The number of carbonyl (C=O) groups is 2. The average Bonchev–Trinajstić information content (AvgIpc) is 3.13. The van der Waals surface area contributed by atoms with E-state index in [2.05, 4.69) is 4.98 Å². The van der Waals surface area contributed by atoms with E-state index in [0.717, 1.165) is 27.6 Å². The summed E-state index contributed by atoms with van der Waals surface area (Å²) in [6.07, 6.45) is 3.31. The standard InChI is InChI=1S/C29H25N3O3/c1-31(2)24-11-9-21(10-12-24)26-25(27(33)23-8-7-20-5-3-4-6-22(20)17-23)28(34)29(35)32(26)18-19-13-15-30-16-14-19/h3-17,26,33H,18H2,1-2H3/b27-25-. The summed E-state index contributed by atoms with van der Waals surface area (Å²) < 4.78 is 0. The molecule has 174 valence electrons. The molecule has 5 rings (SSSR count). The Kier molecular flexibility index (Phi) is 5.79. The Labute approximate surface area is 203 Å². The quantitative estimate of drug-likeness (QED) is 0.258. The van der Waals surface area contributed by atoms with Crippen LogP contribution in [-0.2, 0) is 16.1 Å². The summed E-state index contributed by atoms with van der Waals surface area (Å²) >= 11 is 0. The van der Waals surface area contributed by atoms with Crippen molar-refractivity contribution in [3.8, 4) is 0 Å². The lowest BCUT2D eigenvalue weighted by atomic mass is 9.94. The van der Waals surface area contributed by atoms with Crippen LogP contribution < -0.4 is 4.90 Å². The van der Waals surface area contributed by atoms with Crippen molar-refractivity contribution in [1.82, 2.24) is 9.88 Å². The number of aliphatic hydroxyl groups is 1. The highest BCUT2D eigenvalue weighted by atomic mass is 16.3. The van der Waals surface area contributed by atoms with E-state index in [-0.39, 0.29) is 17.9 Å². The number of hydrogen-bond acceptors (Lipinski definition) is 5. The Morgan fingerprint density at radius 1 is 0.914 bits per heavy atom. The lowest BCUT2D eigenvalue weighted by molar-refractivity contribution is -0.140. The van der Waals surface area contributed by atoms with Crippen LogP contribution in [0.25, 0.3) is 16.5 Å². The first kappa shape index (κ1) is 22.3. The molecule has 1 aliphatic rings. The molecule has 0 radical (unpaired) electrons. The number of benzene rings is 3. The molecule has 0 bridgehead atoms. The van der Waals surface area contributed by atoms with Crippen molar-refractivity contribution in [3.05, 3.63) is 114 Å². The van der Waals surface area contributed by atoms with Crippen LogP contribution in [0.4, 0.5) is 5.69 Å². The molecule has 1 aliphatic heterocycles. The summed E-state index contributed by atoms with van der Waals surface area (Å²) in [7, 11) is 3.90. The van der Waals surface area contributed by atoms with Gasteiger partial charge in [0.1, 0.15) is 5.76 Å². The number of ketones is 1. The highest BCUT2D eigenvalue weighted by Crippen LogP contribution is 2.41. The van der Waals surface area contributed by atoms with E-state index in [4.69, 9.17) is 0 Å². The van der Waals surface area contributed by atoms with Gasteiger partial charge in [-0.2, -0.15) is 0 Å². The highest BCUT2D eigenvalue weighted by molar-refractivity contribution is 6.46. The van der Waals surface area contributed by atoms with E-state index in [0.29, 0.717) is 5.56 Å². The van der Waals surface area contributed by atoms with Gasteiger partial charge < -0.3 is 14.9 Å². The monoisotopic (exact) mass is 463 g/mol. The molecule has 6 heteroatoms. The van der Waals surface area contributed by atoms with Crippen LogP contribution in [-0.4, -0.2) is 40.8 Å². The molecule has 2 heterocycles. The zero-order valence-electron chi connectivity index (χ0n) is 19.6. The predicted molar refractivity (Wildman–Crippen MR) is 137 cm³/mol. The number of anilines is 1. The number of fused-ring (bicyclic) bond motifs is 1. The second-order valence-corrected chi connectivity index (χ2v) is 8.83. The second kappa shape index (κ2) is 9.06. The summed E-state index contributed by atoms with van der Waals surface area (Å²) in [5.41, 5.74) is 3.19. The summed E-state index contributed by atoms with van der Waals surface area (Å²) in [5.74, 6) is -1.50. The Balaban J connectivity index is 1.65. The van der Waals surface area contributed by atoms with Crippen LogP contribution in [0.15, 0.2) is 96.8 Å². The van der Waals surface area contributed by atoms with Gasteiger partial charge in [0, 0.05) is 44.3 Å². The third-order valence-electron chi connectivity index (χ3n) is 6.39. The van der Waals surface area contributed by atoms with Crippen LogP contribution >= 0.6 is 0 Å². The third-order valence-corrected chi connectivity index (χ3v) is 6.39. The minimum absolute atomic E-state index is 0.0944. The fourth-order valence-electron chi connectivity index (χ4n) is 4.52. The molecular weight excluding hydrogens is 438 g/mol. The van der Waals surface area contributed by atoms with Crippen LogP contribution in [0.3, 0.4) is 0 Å². The fourth-order valence-corrected chi connectivity index (χ4v) is 4.52. The fraction of sp³-hybridized carbons (Fsp3) is 0.138. The number of likely N-dealkylation sites (tertiary alicyclic amines) is 1. The molecule has 4 aromatic rings. The molecule has 0 aliphatic carbocycles. The molecule has 1 N–H and O–H groups in total. The topological polar surface area (TPSA) is 73.7 Å². The van der Waals surface area contributed by atoms with Crippen molar-refractivity contribution in [3.63, 3.8) is 0 Å². The van der Waals surface area contributed by atoms with E-state index in [1.807, 2.05) is 91.8 Å². The van der Waals surface area contributed by atoms with Gasteiger partial charge in [-0.05, 0) is 52.2 Å². The van der Waals surface area contributed by atoms with E-state index in [1.165, 1.54) is 4.90 Å². The zero-order valence-corrected chi connectivity index (χ0v) is 19.6. The Bertz CT molecular complexity index is 1440. The Hall–Kier alpha value is -4.45. The van der Waals surface area contributed by atoms with Crippen molar-refractivity contribution in [1.29, 1.82) is 0 Å². The third kappa shape index (κ3) is 4.15. The number of hydrogen-bond donors (Lipinski definition) is 1. The number of rotatable bonds is 5. The number of nitrogens with zero attached hydrogens (tertiary/aromatic N) is 3. The number of aromatic nitrogens is 1. The number of aliphatic hydroxyl groups excluding tert-OH is 1. The van der Waals surface area contributed by atoms with E-state index < -0.39 is 17.7 Å². The summed E-state index contributed by atoms with van der Waals surface area (Å²) in [5, 5.41) is 13.4. The van der Waals surface area contributed by atoms with Gasteiger partial charge in [-0.25, -0.2) is 0 Å². The maximum absolute atomic E-state index is 13.3. The van der Waals surface area contributed by atoms with Gasteiger partial charge >= 0.3 is 0 Å². The number of carbonyl (C=O) groups excluding carboxylic acids is 2. The van der Waals surface area contributed by atoms with Crippen molar-refractivity contribution in [2.24, 2.45) is 0 Å². The van der Waals surface area contributed by atoms with Gasteiger partial charge in [-0.1, -0.05) is 48.5 Å². The molecule has 1 amide bonds. The largest absolute Gasteiger partial charge is 0.507 e. The smallest absolute Gasteiger partial charge is 0.295 e. The first-order chi connectivity index (χ1) is 16.9. The Morgan fingerprint density at radius 3 is 2.29 bits per heavy atom. The first-order valence-electron chi connectivity index (χ1n) is 11.4. The molecule has 1 unspecified atom stereocenters. The van der Waals surface area contributed by atoms with Crippen LogP contribution in [0, 0.1) is 0 Å². The van der Waals surface area contributed by atoms with E-state index in [9.17, 15) is 14.7 Å². The minimum Gasteiger partial charge on any atom is -0.507 e. The average molecular weight is 464 g/mol. The molecule has 35 heavy (non-hydrogen) atoms. The molecule has 0 spiro atoms. The van der Waals surface area contributed by atoms with E-state index in [1.54, 1.807) is 18.5 Å². The summed E-state index contributed by atoms with van der Waals surface area (Å²) in [6.45, 7) is 0.224. The zero-order chi connectivity index (χ0) is 24.5. The van der Waals surface area contributed by atoms with Gasteiger partial charge in [0.25, 0.3) is 11.7 Å². The Morgan fingerprint density at radius 2 is 1.60 bits per heavy atom. The molecule has 1 saturated heterocycles. The second-order valence-electron chi connectivity index (χ2n) is 8.83. The normalized spacial score (nSPS) is 17.2. The van der Waals surface area contributed by atoms with E-state index >= 15 is 0 Å². The van der Waals surface area contributed by atoms with Crippen LogP contribution in [0.2, 0.25) is 0 Å². The molecule has 0 saturated carbocycles. The SMILES string of the molecule is CN(C)c1ccc(C2/C(=C(/O)c3ccc4ccccc4c3)C(=O)C(=O)N2Cc2ccncc2)cc1. The van der Waals surface area contributed by atoms with Crippen LogP contribution in [0.5, 0.6) is 0 Å². The molecular formula is C29H25N3O3. The van der Waals surface area contributed by atoms with Gasteiger partial charge in [0.05, 0.1) is 11.6 Å². The first-order valence-corrected chi connectivity index (χ1v) is 11.4. The predicted octanol–water partition coefficient (Wildman–Crippen LogP) is 4.92. The highest BCUT2D eigenvalue weighted by Gasteiger charge is 2.46. The lowest BCUT2D eigenvalue weighted by Gasteiger charge is -2.26. The van der Waals surface area contributed by atoms with Gasteiger partial charge in [-0.15, -0.1) is 0 Å². The molecule has 1 atom stereocenters. The van der Waals surface area contributed by atoms with Gasteiger partial charge in [0.2, 0.25) is 0 Å². The lowest BCUT2D eigenvalue weighted by Crippen LogP contribution is -2.29. The number of Topliss-reactive ketones (excluding diaryl/α,β-unsaturated/α-hetero) is 1. The molecule has 6 nitrogen and oxygen atoms in total. The van der Waals surface area contributed by atoms with Crippen molar-refractivity contribution < 1.29 is 14.7 Å². The molecule has 1 fully saturated rings. The van der Waals surface area contributed by atoms with Crippen molar-refractivity contribution in [2.45, 2.75) is 12.6 Å². The number of amides is 1. The van der Waals surface area contributed by atoms with Gasteiger partial charge in [-0.3, -0.25) is 14.6 Å². The summed E-state index contributed by atoms with van der Waals surface area (Å²) in [4.78, 5) is 34.1. The van der Waals surface area contributed by atoms with Gasteiger partial charge in [0.15, 0.2) is 0 Å². The molecule has 3 aromatic carbocycles. The van der Waals surface area contributed by atoms with Crippen molar-refractivity contribution >= 4 is 33.9 Å². The molecule has 1 aromatic heterocycles. The van der Waals surface area contributed by atoms with Crippen LogP contribution in [0.1, 0.15) is 22.7 Å². The maximum Gasteiger partial charge on any atom is 0.295 e. The maximum atomic E-state index is 13.3. The summed E-state index contributed by atoms with van der Waals surface area (Å²) in [6, 6.07) is 23.9.